The highest BCUT2D eigenvalue weighted by Crippen LogP contribution is 2.26. The largest absolute Gasteiger partial charge is 0.336 e. The number of unbranched alkanes of at least 4 members (excludes halogenated alkanes) is 1. The summed E-state index contributed by atoms with van der Waals surface area (Å²) in [6.45, 7) is 0.981. The van der Waals surface area contributed by atoms with Gasteiger partial charge in [-0.05, 0) is 61.1 Å². The van der Waals surface area contributed by atoms with E-state index in [1.807, 2.05) is 36.9 Å². The van der Waals surface area contributed by atoms with Crippen LogP contribution in [0.1, 0.15) is 30.4 Å². The average Bonchev–Trinajstić information content (AvgIpc) is 3.20. The molecule has 2 nitrogen and oxygen atoms in total. The first-order chi connectivity index (χ1) is 13.7. The van der Waals surface area contributed by atoms with Crippen LogP contribution in [-0.2, 0) is 19.4 Å². The third kappa shape index (κ3) is 7.20. The van der Waals surface area contributed by atoms with E-state index < -0.39 is 0 Å². The molecular formula is C23H26Cl2N2S. The Kier molecular flexibility index (Phi) is 8.78. The number of halogens is 2. The molecule has 148 valence electrons. The van der Waals surface area contributed by atoms with Crippen molar-refractivity contribution < 1.29 is 0 Å². The van der Waals surface area contributed by atoms with E-state index in [1.165, 1.54) is 29.7 Å². The van der Waals surface area contributed by atoms with E-state index in [1.54, 1.807) is 0 Å². The molecule has 3 aromatic rings. The Morgan fingerprint density at radius 2 is 1.86 bits per heavy atom. The minimum Gasteiger partial charge on any atom is -0.336 e. The fraction of sp³-hybridized carbons (Fsp3) is 0.348. The van der Waals surface area contributed by atoms with Gasteiger partial charge in [0, 0.05) is 34.2 Å². The van der Waals surface area contributed by atoms with Crippen molar-refractivity contribution in [1.82, 2.24) is 9.55 Å². The lowest BCUT2D eigenvalue weighted by atomic mass is 10.1. The van der Waals surface area contributed by atoms with Crippen molar-refractivity contribution in [1.29, 1.82) is 0 Å². The molecular weight excluding hydrogens is 407 g/mol. The molecule has 2 aromatic carbocycles. The summed E-state index contributed by atoms with van der Waals surface area (Å²) in [7, 11) is 0. The van der Waals surface area contributed by atoms with Gasteiger partial charge in [-0.15, -0.1) is 0 Å². The van der Waals surface area contributed by atoms with Gasteiger partial charge < -0.3 is 4.57 Å². The summed E-state index contributed by atoms with van der Waals surface area (Å²) in [6.07, 6.45) is 11.5. The van der Waals surface area contributed by atoms with Crippen LogP contribution in [0.4, 0.5) is 0 Å². The summed E-state index contributed by atoms with van der Waals surface area (Å²) in [5.74, 6) is 1.18. The molecule has 0 radical (unpaired) electrons. The number of rotatable bonds is 11. The van der Waals surface area contributed by atoms with Gasteiger partial charge in [-0.3, -0.25) is 0 Å². The molecule has 1 atom stereocenters. The molecule has 0 saturated carbocycles. The average molecular weight is 433 g/mol. The van der Waals surface area contributed by atoms with Crippen molar-refractivity contribution >= 4 is 35.0 Å². The molecule has 1 unspecified atom stereocenters. The van der Waals surface area contributed by atoms with Crippen molar-refractivity contribution in [2.75, 3.05) is 5.75 Å². The molecule has 0 amide bonds. The molecule has 0 bridgehead atoms. The number of imidazole rings is 1. The fourth-order valence-electron chi connectivity index (χ4n) is 3.22. The number of hydrogen-bond acceptors (Lipinski definition) is 2. The predicted molar refractivity (Wildman–Crippen MR) is 123 cm³/mol. The van der Waals surface area contributed by atoms with Crippen LogP contribution in [0.15, 0.2) is 67.3 Å². The molecule has 0 fully saturated rings. The van der Waals surface area contributed by atoms with Gasteiger partial charge in [-0.1, -0.05) is 59.6 Å². The third-order valence-electron chi connectivity index (χ3n) is 4.78. The van der Waals surface area contributed by atoms with Gasteiger partial charge in [0.05, 0.1) is 6.33 Å². The highest BCUT2D eigenvalue weighted by Gasteiger charge is 2.12. The molecule has 28 heavy (non-hydrogen) atoms. The number of nitrogens with zero attached hydrogens (tertiary/aromatic N) is 2. The molecule has 0 N–H and O–H groups in total. The molecule has 5 heteroatoms. The second kappa shape index (κ2) is 11.5. The van der Waals surface area contributed by atoms with E-state index in [0.29, 0.717) is 10.3 Å². The van der Waals surface area contributed by atoms with E-state index in [4.69, 9.17) is 23.2 Å². The van der Waals surface area contributed by atoms with Crippen LogP contribution in [0.5, 0.6) is 0 Å². The zero-order valence-corrected chi connectivity index (χ0v) is 18.3. The monoisotopic (exact) mass is 432 g/mol. The van der Waals surface area contributed by atoms with E-state index in [-0.39, 0.29) is 0 Å². The normalized spacial score (nSPS) is 12.2. The van der Waals surface area contributed by atoms with Crippen LogP contribution in [0.25, 0.3) is 0 Å². The van der Waals surface area contributed by atoms with Crippen LogP contribution in [0.2, 0.25) is 10.0 Å². The lowest BCUT2D eigenvalue weighted by molar-refractivity contribution is 0.623. The maximum absolute atomic E-state index is 6.35. The predicted octanol–water partition coefficient (Wildman–Crippen LogP) is 6.95. The van der Waals surface area contributed by atoms with Gasteiger partial charge in [-0.25, -0.2) is 4.98 Å². The summed E-state index contributed by atoms with van der Waals surface area (Å²) in [6, 6.07) is 16.5. The Labute approximate surface area is 182 Å². The maximum Gasteiger partial charge on any atom is 0.0946 e. The lowest BCUT2D eigenvalue weighted by Gasteiger charge is -2.18. The first kappa shape index (κ1) is 21.3. The molecule has 0 saturated heterocycles. The number of hydrogen-bond donors (Lipinski definition) is 0. The summed E-state index contributed by atoms with van der Waals surface area (Å²) >= 11 is 14.4. The van der Waals surface area contributed by atoms with Crippen LogP contribution >= 0.6 is 35.0 Å². The van der Waals surface area contributed by atoms with E-state index >= 15 is 0 Å². The molecule has 0 aliphatic carbocycles. The second-order valence-corrected chi connectivity index (χ2v) is 9.22. The molecule has 0 aliphatic rings. The Bertz CT molecular complexity index is 822. The van der Waals surface area contributed by atoms with E-state index in [2.05, 4.69) is 51.6 Å². The fourth-order valence-corrected chi connectivity index (χ4v) is 4.99. The minimum atomic E-state index is 0.540. The molecule has 1 aromatic heterocycles. The van der Waals surface area contributed by atoms with Crippen molar-refractivity contribution in [3.8, 4) is 0 Å². The van der Waals surface area contributed by atoms with Crippen LogP contribution in [0, 0.1) is 0 Å². The zero-order valence-electron chi connectivity index (χ0n) is 15.9. The third-order valence-corrected chi connectivity index (χ3v) is 6.75. The summed E-state index contributed by atoms with van der Waals surface area (Å²) in [5.41, 5.74) is 2.60. The smallest absolute Gasteiger partial charge is 0.0946 e. The van der Waals surface area contributed by atoms with Crippen LogP contribution in [-0.4, -0.2) is 20.6 Å². The van der Waals surface area contributed by atoms with Gasteiger partial charge in [-0.2, -0.15) is 11.8 Å². The van der Waals surface area contributed by atoms with E-state index in [9.17, 15) is 0 Å². The van der Waals surface area contributed by atoms with Crippen molar-refractivity contribution in [2.24, 2.45) is 0 Å². The van der Waals surface area contributed by atoms with Crippen molar-refractivity contribution in [3.05, 3.63) is 88.4 Å². The Morgan fingerprint density at radius 3 is 2.61 bits per heavy atom. The first-order valence-electron chi connectivity index (χ1n) is 9.76. The standard InChI is InChI=1S/C23H26Cl2N2S/c24-21-11-9-20(23(25)16-21)10-12-22(17-27-14-13-26-18-27)28-15-5-4-8-19-6-2-1-3-7-19/h1-3,6-7,9,11,13-14,16,18,22H,4-5,8,10,12,15,17H2. The van der Waals surface area contributed by atoms with Crippen LogP contribution < -0.4 is 0 Å². The number of aromatic nitrogens is 2. The Hall–Kier alpha value is -1.42. The number of thioether (sulfide) groups is 1. The minimum absolute atomic E-state index is 0.540. The van der Waals surface area contributed by atoms with Gasteiger partial charge in [0.1, 0.15) is 0 Å². The van der Waals surface area contributed by atoms with Gasteiger partial charge in [0.15, 0.2) is 0 Å². The Balaban J connectivity index is 1.47. The zero-order chi connectivity index (χ0) is 19.6. The van der Waals surface area contributed by atoms with Crippen molar-refractivity contribution in [3.63, 3.8) is 0 Å². The first-order valence-corrected chi connectivity index (χ1v) is 11.6. The molecule has 3 rings (SSSR count). The quantitative estimate of drug-likeness (QED) is 0.305. The van der Waals surface area contributed by atoms with Gasteiger partial charge >= 0.3 is 0 Å². The molecule has 1 heterocycles. The van der Waals surface area contributed by atoms with Crippen molar-refractivity contribution in [2.45, 2.75) is 43.9 Å². The highest BCUT2D eigenvalue weighted by molar-refractivity contribution is 7.99. The SMILES string of the molecule is Clc1ccc(CCC(Cn2ccnc2)SCCCCc2ccccc2)c(Cl)c1. The molecule has 0 spiro atoms. The highest BCUT2D eigenvalue weighted by atomic mass is 35.5. The number of benzene rings is 2. The van der Waals surface area contributed by atoms with Crippen LogP contribution in [0.3, 0.4) is 0 Å². The molecule has 0 aliphatic heterocycles. The van der Waals surface area contributed by atoms with E-state index in [0.717, 1.165) is 30.8 Å². The summed E-state index contributed by atoms with van der Waals surface area (Å²) in [4.78, 5) is 4.18. The Morgan fingerprint density at radius 1 is 1.00 bits per heavy atom. The van der Waals surface area contributed by atoms with Gasteiger partial charge in [0.25, 0.3) is 0 Å². The second-order valence-electron chi connectivity index (χ2n) is 6.97. The maximum atomic E-state index is 6.35. The number of aryl methyl sites for hydroxylation is 2. The summed E-state index contributed by atoms with van der Waals surface area (Å²) < 4.78 is 2.17. The summed E-state index contributed by atoms with van der Waals surface area (Å²) in [5, 5.41) is 2.00. The topological polar surface area (TPSA) is 17.8 Å². The van der Waals surface area contributed by atoms with Gasteiger partial charge in [0.2, 0.25) is 0 Å². The lowest BCUT2D eigenvalue weighted by Crippen LogP contribution is -2.14.